The first-order valence-corrected chi connectivity index (χ1v) is 6.22. The highest BCUT2D eigenvalue weighted by atomic mass is 19.1. The van der Waals surface area contributed by atoms with Crippen LogP contribution in [0.1, 0.15) is 16.7 Å². The number of aliphatic hydroxyl groups excluding tert-OH is 1. The van der Waals surface area contributed by atoms with E-state index in [1.54, 1.807) is 6.07 Å². The zero-order valence-corrected chi connectivity index (χ0v) is 11.4. The van der Waals surface area contributed by atoms with E-state index in [1.165, 1.54) is 17.7 Å². The van der Waals surface area contributed by atoms with Crippen molar-refractivity contribution in [1.29, 1.82) is 0 Å². The standard InChI is InChI=1S/C16H18FNO/c1-11-4-5-16(12(2)6-11)18(3)15-8-13(10-19)7-14(17)9-15/h4-9,19H,10H2,1-3H3. The highest BCUT2D eigenvalue weighted by molar-refractivity contribution is 5.66. The second-order valence-corrected chi connectivity index (χ2v) is 4.82. The molecular formula is C16H18FNO. The van der Waals surface area contributed by atoms with Crippen LogP contribution in [0.2, 0.25) is 0 Å². The summed E-state index contributed by atoms with van der Waals surface area (Å²) >= 11 is 0. The molecule has 2 aromatic carbocycles. The summed E-state index contributed by atoms with van der Waals surface area (Å²) in [5, 5.41) is 9.14. The third-order valence-corrected chi connectivity index (χ3v) is 3.23. The lowest BCUT2D eigenvalue weighted by Gasteiger charge is -2.22. The van der Waals surface area contributed by atoms with Crippen LogP contribution >= 0.6 is 0 Å². The maximum Gasteiger partial charge on any atom is 0.125 e. The smallest absolute Gasteiger partial charge is 0.125 e. The van der Waals surface area contributed by atoms with E-state index in [2.05, 4.69) is 6.07 Å². The molecule has 0 radical (unpaired) electrons. The molecule has 2 nitrogen and oxygen atoms in total. The summed E-state index contributed by atoms with van der Waals surface area (Å²) in [5.41, 5.74) is 4.67. The average Bonchev–Trinajstić information content (AvgIpc) is 2.37. The Morgan fingerprint density at radius 2 is 1.84 bits per heavy atom. The van der Waals surface area contributed by atoms with Crippen molar-refractivity contribution >= 4 is 11.4 Å². The number of hydrogen-bond donors (Lipinski definition) is 1. The Bertz CT molecular complexity index is 595. The maximum atomic E-state index is 13.5. The molecule has 0 bridgehead atoms. The monoisotopic (exact) mass is 259 g/mol. The van der Waals surface area contributed by atoms with Crippen LogP contribution in [0.4, 0.5) is 15.8 Å². The fourth-order valence-electron chi connectivity index (χ4n) is 2.24. The Kier molecular flexibility index (Phi) is 3.86. The van der Waals surface area contributed by atoms with E-state index >= 15 is 0 Å². The Morgan fingerprint density at radius 1 is 1.11 bits per heavy atom. The van der Waals surface area contributed by atoms with Crippen LogP contribution in [0.25, 0.3) is 0 Å². The minimum atomic E-state index is -0.335. The predicted octanol–water partition coefficient (Wildman–Crippen LogP) is 3.70. The number of rotatable bonds is 3. The molecule has 0 fully saturated rings. The minimum absolute atomic E-state index is 0.161. The Hall–Kier alpha value is -1.87. The van der Waals surface area contributed by atoms with Crippen molar-refractivity contribution in [3.63, 3.8) is 0 Å². The van der Waals surface area contributed by atoms with Gasteiger partial charge in [0.25, 0.3) is 0 Å². The normalized spacial score (nSPS) is 10.6. The lowest BCUT2D eigenvalue weighted by Crippen LogP contribution is -2.11. The molecule has 0 unspecified atom stereocenters. The van der Waals surface area contributed by atoms with Crippen molar-refractivity contribution < 1.29 is 9.50 Å². The van der Waals surface area contributed by atoms with Crippen molar-refractivity contribution in [2.24, 2.45) is 0 Å². The molecule has 1 N–H and O–H groups in total. The summed E-state index contributed by atoms with van der Waals surface area (Å²) in [7, 11) is 1.90. The second-order valence-electron chi connectivity index (χ2n) is 4.82. The molecule has 3 heteroatoms. The molecule has 0 aliphatic carbocycles. The van der Waals surface area contributed by atoms with Crippen molar-refractivity contribution in [1.82, 2.24) is 0 Å². The van der Waals surface area contributed by atoms with E-state index < -0.39 is 0 Å². The third kappa shape index (κ3) is 2.93. The van der Waals surface area contributed by atoms with E-state index in [9.17, 15) is 4.39 Å². The first-order valence-electron chi connectivity index (χ1n) is 6.22. The lowest BCUT2D eigenvalue weighted by molar-refractivity contribution is 0.281. The van der Waals surface area contributed by atoms with Crippen molar-refractivity contribution in [3.8, 4) is 0 Å². The second kappa shape index (κ2) is 5.41. The number of anilines is 2. The van der Waals surface area contributed by atoms with Gasteiger partial charge in [0.15, 0.2) is 0 Å². The highest BCUT2D eigenvalue weighted by Crippen LogP contribution is 2.28. The SMILES string of the molecule is Cc1ccc(N(C)c2cc(F)cc(CO)c2)c(C)c1. The van der Waals surface area contributed by atoms with Crippen molar-refractivity contribution in [2.45, 2.75) is 20.5 Å². The molecule has 0 spiro atoms. The summed E-state index contributed by atoms with van der Waals surface area (Å²) in [5.74, 6) is -0.335. The zero-order valence-electron chi connectivity index (χ0n) is 11.4. The van der Waals surface area contributed by atoms with Crippen LogP contribution in [0.3, 0.4) is 0 Å². The van der Waals surface area contributed by atoms with Gasteiger partial charge in [-0.15, -0.1) is 0 Å². The van der Waals surface area contributed by atoms with Crippen LogP contribution in [-0.4, -0.2) is 12.2 Å². The van der Waals surface area contributed by atoms with Gasteiger partial charge in [-0.25, -0.2) is 4.39 Å². The van der Waals surface area contributed by atoms with Crippen LogP contribution in [-0.2, 0) is 6.61 Å². The molecule has 0 atom stereocenters. The van der Waals surface area contributed by atoms with Crippen molar-refractivity contribution in [2.75, 3.05) is 11.9 Å². The van der Waals surface area contributed by atoms with Gasteiger partial charge in [-0.2, -0.15) is 0 Å². The molecule has 100 valence electrons. The van der Waals surface area contributed by atoms with Gasteiger partial charge in [-0.3, -0.25) is 0 Å². The largest absolute Gasteiger partial charge is 0.392 e. The topological polar surface area (TPSA) is 23.5 Å². The fraction of sp³-hybridized carbons (Fsp3) is 0.250. The summed E-state index contributed by atoms with van der Waals surface area (Å²) in [6.45, 7) is 3.92. The Balaban J connectivity index is 2.43. The molecule has 0 amide bonds. The Labute approximate surface area is 113 Å². The number of aliphatic hydroxyl groups is 1. The number of benzene rings is 2. The first-order chi connectivity index (χ1) is 9.01. The summed E-state index contributed by atoms with van der Waals surface area (Å²) in [6.07, 6.45) is 0. The molecule has 0 aliphatic rings. The van der Waals surface area contributed by atoms with Gasteiger partial charge in [0, 0.05) is 18.4 Å². The van der Waals surface area contributed by atoms with Gasteiger partial charge in [0.1, 0.15) is 5.82 Å². The number of halogens is 1. The minimum Gasteiger partial charge on any atom is -0.392 e. The molecule has 0 saturated carbocycles. The Morgan fingerprint density at radius 3 is 2.47 bits per heavy atom. The van der Waals surface area contributed by atoms with E-state index in [-0.39, 0.29) is 12.4 Å². The van der Waals surface area contributed by atoms with E-state index in [1.807, 2.05) is 37.9 Å². The van der Waals surface area contributed by atoms with Gasteiger partial charge in [-0.1, -0.05) is 17.7 Å². The number of nitrogens with zero attached hydrogens (tertiary/aromatic N) is 1. The molecule has 0 aliphatic heterocycles. The van der Waals surface area contributed by atoms with Crippen LogP contribution in [0.5, 0.6) is 0 Å². The average molecular weight is 259 g/mol. The molecular weight excluding hydrogens is 241 g/mol. The van der Waals surface area contributed by atoms with Gasteiger partial charge in [0.2, 0.25) is 0 Å². The predicted molar refractivity (Wildman–Crippen MR) is 76.3 cm³/mol. The summed E-state index contributed by atoms with van der Waals surface area (Å²) in [6, 6.07) is 10.8. The van der Waals surface area contributed by atoms with Crippen LogP contribution in [0, 0.1) is 19.7 Å². The van der Waals surface area contributed by atoms with E-state index in [0.717, 1.165) is 16.9 Å². The lowest BCUT2D eigenvalue weighted by atomic mass is 10.1. The van der Waals surface area contributed by atoms with Crippen LogP contribution in [0.15, 0.2) is 36.4 Å². The van der Waals surface area contributed by atoms with E-state index in [0.29, 0.717) is 5.56 Å². The van der Waals surface area contributed by atoms with Gasteiger partial charge >= 0.3 is 0 Å². The van der Waals surface area contributed by atoms with E-state index in [4.69, 9.17) is 5.11 Å². The summed E-state index contributed by atoms with van der Waals surface area (Å²) in [4.78, 5) is 1.93. The number of hydrogen-bond acceptors (Lipinski definition) is 2. The zero-order chi connectivity index (χ0) is 14.0. The van der Waals surface area contributed by atoms with Crippen molar-refractivity contribution in [3.05, 3.63) is 58.9 Å². The molecule has 0 saturated heterocycles. The molecule has 0 heterocycles. The van der Waals surface area contributed by atoms with Crippen LogP contribution < -0.4 is 4.90 Å². The first kappa shape index (κ1) is 13.6. The molecule has 2 rings (SSSR count). The molecule has 2 aromatic rings. The molecule has 19 heavy (non-hydrogen) atoms. The molecule has 0 aromatic heterocycles. The third-order valence-electron chi connectivity index (χ3n) is 3.23. The van der Waals surface area contributed by atoms with Gasteiger partial charge in [0.05, 0.1) is 6.61 Å². The maximum absolute atomic E-state index is 13.5. The summed E-state index contributed by atoms with van der Waals surface area (Å²) < 4.78 is 13.5. The van der Waals surface area contributed by atoms with Gasteiger partial charge in [-0.05, 0) is 49.2 Å². The number of aryl methyl sites for hydroxylation is 2. The quantitative estimate of drug-likeness (QED) is 0.908. The highest BCUT2D eigenvalue weighted by Gasteiger charge is 2.09. The fourth-order valence-corrected chi connectivity index (χ4v) is 2.24. The van der Waals surface area contributed by atoms with Gasteiger partial charge < -0.3 is 10.0 Å².